The van der Waals surface area contributed by atoms with Gasteiger partial charge in [0.2, 0.25) is 0 Å². The lowest BCUT2D eigenvalue weighted by atomic mass is 10.1. The lowest BCUT2D eigenvalue weighted by molar-refractivity contribution is 0.973. The van der Waals surface area contributed by atoms with E-state index in [9.17, 15) is 0 Å². The van der Waals surface area contributed by atoms with E-state index in [4.69, 9.17) is 9.97 Å². The second-order valence-corrected chi connectivity index (χ2v) is 7.99. The first kappa shape index (κ1) is 18.4. The van der Waals surface area contributed by atoms with E-state index in [-0.39, 0.29) is 0 Å². The molecule has 0 radical (unpaired) electrons. The Morgan fingerprint density at radius 2 is 1.60 bits per heavy atom. The average molecular weight is 410 g/mol. The number of H-pyrrole nitrogens is 1. The molecule has 0 fully saturated rings. The Labute approximate surface area is 178 Å². The van der Waals surface area contributed by atoms with Crippen molar-refractivity contribution >= 4 is 34.2 Å². The van der Waals surface area contributed by atoms with E-state index in [0.717, 1.165) is 33.5 Å². The van der Waals surface area contributed by atoms with Crippen LogP contribution in [0, 0.1) is 6.92 Å². The van der Waals surface area contributed by atoms with E-state index in [1.807, 2.05) is 37.3 Å². The number of aromatic amines is 1. The fourth-order valence-electron chi connectivity index (χ4n) is 3.25. The summed E-state index contributed by atoms with van der Waals surface area (Å²) in [5, 5.41) is 13.6. The minimum absolute atomic E-state index is 0.686. The fraction of sp³-hybridized carbons (Fsp3) is 0.0417. The van der Waals surface area contributed by atoms with Gasteiger partial charge in [-0.15, -0.1) is 0 Å². The van der Waals surface area contributed by atoms with Crippen LogP contribution in [0.25, 0.3) is 22.0 Å². The number of nitrogens with one attached hydrogen (secondary N) is 2. The zero-order valence-corrected chi connectivity index (χ0v) is 17.1. The number of aromatic nitrogens is 4. The Balaban J connectivity index is 1.52. The molecule has 0 saturated heterocycles. The van der Waals surface area contributed by atoms with Crippen molar-refractivity contribution in [3.63, 3.8) is 0 Å². The number of aryl methyl sites for hydroxylation is 1. The van der Waals surface area contributed by atoms with Gasteiger partial charge in [0.1, 0.15) is 11.6 Å². The second-order valence-electron chi connectivity index (χ2n) is 6.95. The molecule has 5 aromatic rings. The molecule has 0 amide bonds. The van der Waals surface area contributed by atoms with Gasteiger partial charge in [-0.25, -0.2) is 9.97 Å². The zero-order valence-electron chi connectivity index (χ0n) is 16.3. The molecule has 0 atom stereocenters. The zero-order chi connectivity index (χ0) is 20.3. The van der Waals surface area contributed by atoms with E-state index < -0.39 is 0 Å². The average Bonchev–Trinajstić information content (AvgIpc) is 3.18. The van der Waals surface area contributed by atoms with Crippen LogP contribution in [0.4, 0.5) is 11.6 Å². The summed E-state index contributed by atoms with van der Waals surface area (Å²) < 4.78 is 0. The van der Waals surface area contributed by atoms with Crippen molar-refractivity contribution in [3.8, 4) is 11.3 Å². The van der Waals surface area contributed by atoms with Gasteiger partial charge in [0.05, 0.1) is 11.4 Å². The van der Waals surface area contributed by atoms with Crippen LogP contribution in [-0.2, 0) is 0 Å². The maximum Gasteiger partial charge on any atom is 0.194 e. The third-order valence-electron chi connectivity index (χ3n) is 4.67. The van der Waals surface area contributed by atoms with Gasteiger partial charge in [0.15, 0.2) is 5.16 Å². The first-order valence-corrected chi connectivity index (χ1v) is 10.4. The second kappa shape index (κ2) is 8.00. The van der Waals surface area contributed by atoms with Crippen molar-refractivity contribution in [2.45, 2.75) is 17.0 Å². The summed E-state index contributed by atoms with van der Waals surface area (Å²) in [4.78, 5) is 10.6. The van der Waals surface area contributed by atoms with E-state index in [1.54, 1.807) is 11.8 Å². The molecule has 0 bridgehead atoms. The molecule has 2 heterocycles. The summed E-state index contributed by atoms with van der Waals surface area (Å²) in [6.07, 6.45) is 0. The predicted molar refractivity (Wildman–Crippen MR) is 122 cm³/mol. The van der Waals surface area contributed by atoms with Gasteiger partial charge in [-0.1, -0.05) is 60.7 Å². The molecule has 0 aliphatic carbocycles. The van der Waals surface area contributed by atoms with E-state index in [0.29, 0.717) is 5.16 Å². The van der Waals surface area contributed by atoms with Crippen molar-refractivity contribution < 1.29 is 0 Å². The molecule has 5 rings (SSSR count). The Bertz CT molecular complexity index is 1310. The van der Waals surface area contributed by atoms with Gasteiger partial charge < -0.3 is 5.32 Å². The number of rotatable bonds is 5. The summed E-state index contributed by atoms with van der Waals surface area (Å²) in [5.74, 6) is 1.52. The molecular formula is C24H19N5S. The molecule has 6 heteroatoms. The number of benzene rings is 3. The van der Waals surface area contributed by atoms with E-state index in [1.165, 1.54) is 10.8 Å². The molecule has 5 nitrogen and oxygen atoms in total. The van der Waals surface area contributed by atoms with Gasteiger partial charge >= 0.3 is 0 Å². The molecule has 146 valence electrons. The van der Waals surface area contributed by atoms with E-state index in [2.05, 4.69) is 70.1 Å². The van der Waals surface area contributed by atoms with Crippen LogP contribution in [-0.4, -0.2) is 20.2 Å². The van der Waals surface area contributed by atoms with Crippen LogP contribution < -0.4 is 5.32 Å². The lowest BCUT2D eigenvalue weighted by Crippen LogP contribution is -1.99. The van der Waals surface area contributed by atoms with Crippen LogP contribution in [0.1, 0.15) is 5.69 Å². The Kier molecular flexibility index (Phi) is 4.91. The highest BCUT2D eigenvalue weighted by Gasteiger charge is 2.10. The molecule has 0 unspecified atom stereocenters. The molecule has 3 aromatic carbocycles. The highest BCUT2D eigenvalue weighted by molar-refractivity contribution is 7.99. The highest BCUT2D eigenvalue weighted by atomic mass is 32.2. The first-order valence-electron chi connectivity index (χ1n) is 9.63. The van der Waals surface area contributed by atoms with Crippen molar-refractivity contribution in [1.29, 1.82) is 0 Å². The van der Waals surface area contributed by atoms with Crippen molar-refractivity contribution in [1.82, 2.24) is 20.2 Å². The smallest absolute Gasteiger partial charge is 0.194 e. The number of fused-ring (bicyclic) bond motifs is 1. The molecule has 0 aliphatic heterocycles. The molecule has 0 spiro atoms. The third-order valence-corrected chi connectivity index (χ3v) is 5.53. The van der Waals surface area contributed by atoms with Gasteiger partial charge in [0.25, 0.3) is 0 Å². The van der Waals surface area contributed by atoms with E-state index >= 15 is 0 Å². The molecule has 0 aliphatic rings. The number of anilines is 2. The van der Waals surface area contributed by atoms with Crippen molar-refractivity contribution in [2.75, 3.05) is 5.32 Å². The van der Waals surface area contributed by atoms with Crippen LogP contribution in [0.15, 0.2) is 95.0 Å². The number of hydrogen-bond donors (Lipinski definition) is 2. The van der Waals surface area contributed by atoms with Crippen LogP contribution >= 0.6 is 11.8 Å². The maximum absolute atomic E-state index is 4.81. The summed E-state index contributed by atoms with van der Waals surface area (Å²) >= 11 is 1.55. The summed E-state index contributed by atoms with van der Waals surface area (Å²) in [5.41, 5.74) is 2.83. The van der Waals surface area contributed by atoms with Crippen molar-refractivity contribution in [2.24, 2.45) is 0 Å². The van der Waals surface area contributed by atoms with Crippen molar-refractivity contribution in [3.05, 3.63) is 90.6 Å². The highest BCUT2D eigenvalue weighted by Crippen LogP contribution is 2.31. The predicted octanol–water partition coefficient (Wildman–Crippen LogP) is 6.22. The normalized spacial score (nSPS) is 11.0. The molecule has 2 N–H and O–H groups in total. The quantitative estimate of drug-likeness (QED) is 0.337. The Morgan fingerprint density at radius 3 is 2.40 bits per heavy atom. The number of hydrogen-bond acceptors (Lipinski definition) is 5. The largest absolute Gasteiger partial charge is 0.325 e. The first-order chi connectivity index (χ1) is 14.7. The SMILES string of the molecule is Cc1cc(Nc2cc(-c3ccccc3)nc(Sc3ccc4ccccc4c3)n2)[nH]n1. The van der Waals surface area contributed by atoms with Crippen LogP contribution in [0.3, 0.4) is 0 Å². The summed E-state index contributed by atoms with van der Waals surface area (Å²) in [6.45, 7) is 1.94. The fourth-order valence-corrected chi connectivity index (χ4v) is 4.07. The lowest BCUT2D eigenvalue weighted by Gasteiger charge is -2.09. The minimum Gasteiger partial charge on any atom is -0.325 e. The molecule has 0 saturated carbocycles. The Hall–Kier alpha value is -3.64. The third kappa shape index (κ3) is 4.04. The topological polar surface area (TPSA) is 66.5 Å². The molecule has 30 heavy (non-hydrogen) atoms. The van der Waals surface area contributed by atoms with Gasteiger partial charge in [-0.05, 0) is 41.6 Å². The van der Waals surface area contributed by atoms with Gasteiger partial charge in [0, 0.05) is 22.6 Å². The van der Waals surface area contributed by atoms with Gasteiger partial charge in [-0.2, -0.15) is 5.10 Å². The van der Waals surface area contributed by atoms with Crippen LogP contribution in [0.5, 0.6) is 0 Å². The standard InChI is InChI=1S/C24H19N5S/c1-16-13-23(29-28-16)26-22-15-21(18-8-3-2-4-9-18)25-24(27-22)30-20-12-11-17-7-5-6-10-19(17)14-20/h2-15H,1H3,(H2,25,26,27,28,29). The molecule has 2 aromatic heterocycles. The summed E-state index contributed by atoms with van der Waals surface area (Å²) in [6, 6.07) is 28.8. The maximum atomic E-state index is 4.81. The summed E-state index contributed by atoms with van der Waals surface area (Å²) in [7, 11) is 0. The monoisotopic (exact) mass is 409 g/mol. The minimum atomic E-state index is 0.686. The number of nitrogens with zero attached hydrogens (tertiary/aromatic N) is 3. The van der Waals surface area contributed by atoms with Gasteiger partial charge in [-0.3, -0.25) is 5.10 Å². The van der Waals surface area contributed by atoms with Crippen LogP contribution in [0.2, 0.25) is 0 Å². The molecular weight excluding hydrogens is 390 g/mol. The Morgan fingerprint density at radius 1 is 0.800 bits per heavy atom.